The lowest BCUT2D eigenvalue weighted by molar-refractivity contribution is -0.563. The van der Waals surface area contributed by atoms with Crippen LogP contribution in [0.4, 0.5) is 0 Å². The van der Waals surface area contributed by atoms with Gasteiger partial charge in [-0.1, -0.05) is 35.0 Å². The minimum absolute atomic E-state index is 0.00333. The van der Waals surface area contributed by atoms with Gasteiger partial charge < -0.3 is 9.67 Å². The molecule has 1 aliphatic rings. The minimum Gasteiger partial charge on any atom is -0.857 e. The van der Waals surface area contributed by atoms with Crippen LogP contribution in [0, 0.1) is 0 Å². The third kappa shape index (κ3) is 2.29. The molecule has 96 valence electrons. The normalized spacial score (nSPS) is 20.8. The molecule has 0 amide bonds. The first-order chi connectivity index (χ1) is 9.24. The fraction of sp³-hybridized carbons (Fsp3) is 0.200. The molecule has 1 atom stereocenters. The van der Waals surface area contributed by atoms with Crippen LogP contribution < -0.4 is 5.11 Å². The molecule has 0 radical (unpaired) electrons. The average molecular weight is 253 g/mol. The summed E-state index contributed by atoms with van der Waals surface area (Å²) in [6.45, 7) is 0. The highest BCUT2D eigenvalue weighted by Crippen LogP contribution is 2.25. The molecule has 0 bridgehead atoms. The Bertz CT molecular complexity index is 640. The Kier molecular flexibility index (Phi) is 2.91. The molecule has 4 heteroatoms. The summed E-state index contributed by atoms with van der Waals surface area (Å²) in [5.74, 6) is -0.0701. The number of rotatable bonds is 2. The highest BCUT2D eigenvalue weighted by atomic mass is 16.3. The van der Waals surface area contributed by atoms with Gasteiger partial charge in [-0.15, -0.1) is 0 Å². The summed E-state index contributed by atoms with van der Waals surface area (Å²) in [6.07, 6.45) is 4.33. The molecule has 0 aliphatic carbocycles. The van der Waals surface area contributed by atoms with Crippen molar-refractivity contribution >= 4 is 12.1 Å². The van der Waals surface area contributed by atoms with Crippen LogP contribution in [-0.2, 0) is 7.05 Å². The maximum atomic E-state index is 11.6. The van der Waals surface area contributed by atoms with E-state index in [1.54, 1.807) is 4.68 Å². The standard InChI is InChI=1S/C15H15N3O/c1-17-9-5-8-13(17)11-18-14(10-15(19)16-18)12-6-3-2-4-7-12/h2-9,11,14H,10H2,1H3. The molecule has 3 rings (SSSR count). The molecule has 19 heavy (non-hydrogen) atoms. The predicted molar refractivity (Wildman–Crippen MR) is 72.1 cm³/mol. The van der Waals surface area contributed by atoms with Gasteiger partial charge in [-0.3, -0.25) is 0 Å². The van der Waals surface area contributed by atoms with E-state index >= 15 is 0 Å². The first-order valence-electron chi connectivity index (χ1n) is 6.28. The van der Waals surface area contributed by atoms with Crippen molar-refractivity contribution in [2.45, 2.75) is 12.5 Å². The predicted octanol–water partition coefficient (Wildman–Crippen LogP) is 1.28. The molecule has 1 unspecified atom stereocenters. The first kappa shape index (κ1) is 11.7. The van der Waals surface area contributed by atoms with Gasteiger partial charge in [-0.25, -0.2) is 0 Å². The Morgan fingerprint density at radius 3 is 2.74 bits per heavy atom. The monoisotopic (exact) mass is 253 g/mol. The van der Waals surface area contributed by atoms with E-state index in [9.17, 15) is 5.11 Å². The largest absolute Gasteiger partial charge is 0.857 e. The van der Waals surface area contributed by atoms with Crippen molar-refractivity contribution in [3.8, 4) is 0 Å². The van der Waals surface area contributed by atoms with Gasteiger partial charge in [0.2, 0.25) is 12.3 Å². The molecule has 4 nitrogen and oxygen atoms in total. The summed E-state index contributed by atoms with van der Waals surface area (Å²) in [7, 11) is 1.97. The third-order valence-corrected chi connectivity index (χ3v) is 3.35. The quantitative estimate of drug-likeness (QED) is 0.743. The van der Waals surface area contributed by atoms with Gasteiger partial charge in [0, 0.05) is 24.7 Å². The van der Waals surface area contributed by atoms with Crippen LogP contribution in [0.15, 0.2) is 53.8 Å². The molecule has 1 aromatic heterocycles. The summed E-state index contributed by atoms with van der Waals surface area (Å²) in [5.41, 5.74) is 2.14. The van der Waals surface area contributed by atoms with E-state index in [1.807, 2.05) is 66.5 Å². The van der Waals surface area contributed by atoms with Crippen LogP contribution in [0.5, 0.6) is 0 Å². The van der Waals surface area contributed by atoms with E-state index < -0.39 is 0 Å². The molecule has 2 aromatic rings. The van der Waals surface area contributed by atoms with Crippen LogP contribution in [0.1, 0.15) is 23.7 Å². The van der Waals surface area contributed by atoms with Crippen molar-refractivity contribution < 1.29 is 9.79 Å². The Morgan fingerprint density at radius 2 is 2.05 bits per heavy atom. The number of hydrogen-bond donors (Lipinski definition) is 0. The molecular weight excluding hydrogens is 238 g/mol. The fourth-order valence-corrected chi connectivity index (χ4v) is 2.31. The van der Waals surface area contributed by atoms with E-state index in [2.05, 4.69) is 5.10 Å². The van der Waals surface area contributed by atoms with E-state index in [1.165, 1.54) is 0 Å². The lowest BCUT2D eigenvalue weighted by Crippen LogP contribution is -2.15. The maximum absolute atomic E-state index is 11.6. The second-order valence-corrected chi connectivity index (χ2v) is 4.68. The molecule has 1 aromatic carbocycles. The SMILES string of the molecule is Cn1cccc1/C=[N+]1\N=C([O-])CC1c1ccccc1. The first-order valence-corrected chi connectivity index (χ1v) is 6.28. The van der Waals surface area contributed by atoms with Gasteiger partial charge >= 0.3 is 0 Å². The zero-order valence-electron chi connectivity index (χ0n) is 10.7. The summed E-state index contributed by atoms with van der Waals surface area (Å²) in [4.78, 5) is 0. The average Bonchev–Trinajstić information content (AvgIpc) is 2.98. The summed E-state index contributed by atoms with van der Waals surface area (Å²) >= 11 is 0. The van der Waals surface area contributed by atoms with Crippen LogP contribution in [-0.4, -0.2) is 21.4 Å². The van der Waals surface area contributed by atoms with Crippen LogP contribution in [0.2, 0.25) is 0 Å². The Morgan fingerprint density at radius 1 is 1.26 bits per heavy atom. The van der Waals surface area contributed by atoms with Gasteiger partial charge in [0.25, 0.3) is 0 Å². The lowest BCUT2D eigenvalue weighted by atomic mass is 10.1. The van der Waals surface area contributed by atoms with Crippen LogP contribution in [0.25, 0.3) is 0 Å². The number of nitrogens with zero attached hydrogens (tertiary/aromatic N) is 3. The van der Waals surface area contributed by atoms with Crippen molar-refractivity contribution in [1.29, 1.82) is 0 Å². The Balaban J connectivity index is 1.99. The topological polar surface area (TPSA) is 43.4 Å². The fourth-order valence-electron chi connectivity index (χ4n) is 2.31. The number of benzene rings is 1. The number of aryl methyl sites for hydroxylation is 1. The van der Waals surface area contributed by atoms with Gasteiger partial charge in [0.15, 0.2) is 0 Å². The Labute approximate surface area is 111 Å². The van der Waals surface area contributed by atoms with Gasteiger partial charge in [0.1, 0.15) is 5.69 Å². The summed E-state index contributed by atoms with van der Waals surface area (Å²) in [6, 6.07) is 14.0. The minimum atomic E-state index is -0.0701. The van der Waals surface area contributed by atoms with Crippen LogP contribution >= 0.6 is 0 Å². The van der Waals surface area contributed by atoms with Gasteiger partial charge in [-0.2, -0.15) is 0 Å². The molecule has 0 spiro atoms. The van der Waals surface area contributed by atoms with Crippen molar-refractivity contribution in [3.63, 3.8) is 0 Å². The summed E-state index contributed by atoms with van der Waals surface area (Å²) < 4.78 is 3.77. The molecule has 0 saturated carbocycles. The molecule has 2 heterocycles. The second-order valence-electron chi connectivity index (χ2n) is 4.68. The van der Waals surface area contributed by atoms with Gasteiger partial charge in [0.05, 0.1) is 6.42 Å². The maximum Gasteiger partial charge on any atom is 0.220 e. The number of aromatic nitrogens is 1. The van der Waals surface area contributed by atoms with Crippen molar-refractivity contribution in [2.75, 3.05) is 0 Å². The van der Waals surface area contributed by atoms with E-state index in [0.29, 0.717) is 6.42 Å². The number of hydrogen-bond acceptors (Lipinski definition) is 2. The van der Waals surface area contributed by atoms with Crippen molar-refractivity contribution in [1.82, 2.24) is 4.57 Å². The molecule has 0 N–H and O–H groups in total. The molecule has 0 fully saturated rings. The molecule has 0 saturated heterocycles. The Hall–Kier alpha value is -2.36. The van der Waals surface area contributed by atoms with Gasteiger partial charge in [-0.05, 0) is 17.2 Å². The molecular formula is C15H15N3O. The van der Waals surface area contributed by atoms with E-state index in [-0.39, 0.29) is 11.9 Å². The van der Waals surface area contributed by atoms with Crippen molar-refractivity contribution in [3.05, 3.63) is 59.9 Å². The number of hydrazone groups is 1. The third-order valence-electron chi connectivity index (χ3n) is 3.35. The van der Waals surface area contributed by atoms with E-state index in [4.69, 9.17) is 0 Å². The zero-order valence-corrected chi connectivity index (χ0v) is 10.7. The highest BCUT2D eigenvalue weighted by Gasteiger charge is 2.29. The molecule has 1 aliphatic heterocycles. The lowest BCUT2D eigenvalue weighted by Gasteiger charge is -2.06. The smallest absolute Gasteiger partial charge is 0.220 e. The van der Waals surface area contributed by atoms with Crippen molar-refractivity contribution in [2.24, 2.45) is 12.1 Å². The second kappa shape index (κ2) is 4.72. The highest BCUT2D eigenvalue weighted by molar-refractivity contribution is 5.76. The van der Waals surface area contributed by atoms with E-state index in [0.717, 1.165) is 11.3 Å². The van der Waals surface area contributed by atoms with Crippen LogP contribution in [0.3, 0.4) is 0 Å². The zero-order chi connectivity index (χ0) is 13.2. The summed E-state index contributed by atoms with van der Waals surface area (Å²) in [5, 5.41) is 15.7.